The fourth-order valence-corrected chi connectivity index (χ4v) is 5.08. The van der Waals surface area contributed by atoms with Crippen LogP contribution in [0.2, 0.25) is 0 Å². The van der Waals surface area contributed by atoms with Crippen molar-refractivity contribution >= 4 is 17.8 Å². The van der Waals surface area contributed by atoms with Gasteiger partial charge in [-0.1, -0.05) is 17.3 Å². The third-order valence-electron chi connectivity index (χ3n) is 6.68. The molecule has 0 radical (unpaired) electrons. The molecular formula is C24H27FN4O2. The number of halogens is 1. The Labute approximate surface area is 181 Å². The summed E-state index contributed by atoms with van der Waals surface area (Å²) in [6, 6.07) is 11.8. The molecule has 6 nitrogen and oxygen atoms in total. The lowest BCUT2D eigenvalue weighted by Crippen LogP contribution is -2.45. The van der Waals surface area contributed by atoms with Crippen LogP contribution in [-0.4, -0.2) is 36.3 Å². The van der Waals surface area contributed by atoms with Gasteiger partial charge in [-0.2, -0.15) is 4.39 Å². The summed E-state index contributed by atoms with van der Waals surface area (Å²) >= 11 is 0. The Kier molecular flexibility index (Phi) is 5.34. The van der Waals surface area contributed by atoms with Gasteiger partial charge in [-0.3, -0.25) is 4.79 Å². The summed E-state index contributed by atoms with van der Waals surface area (Å²) in [7, 11) is 1.53. The van der Waals surface area contributed by atoms with E-state index in [4.69, 9.17) is 4.84 Å². The highest BCUT2D eigenvalue weighted by Crippen LogP contribution is 2.48. The highest BCUT2D eigenvalue weighted by atomic mass is 19.1. The maximum atomic E-state index is 13.7. The van der Waals surface area contributed by atoms with Gasteiger partial charge in [-0.15, -0.1) is 0 Å². The number of carbonyl (C=O) groups is 1. The van der Waals surface area contributed by atoms with Crippen molar-refractivity contribution in [1.29, 1.82) is 0 Å². The number of rotatable bonds is 6. The molecule has 1 aromatic heterocycles. The first-order valence-electron chi connectivity index (χ1n) is 11.0. The quantitative estimate of drug-likeness (QED) is 0.437. The van der Waals surface area contributed by atoms with Crippen LogP contribution in [0.1, 0.15) is 54.8 Å². The van der Waals surface area contributed by atoms with Gasteiger partial charge in [0.1, 0.15) is 7.11 Å². The van der Waals surface area contributed by atoms with Gasteiger partial charge in [0.25, 0.3) is 0 Å². The molecule has 1 aliphatic heterocycles. The molecule has 0 saturated heterocycles. The SMILES string of the molecule is CO/N=C/c1ccc2c(c1)C1C[C@H](NC(=O)C3CC3)CCC1N2Cc1cccc(F)n1. The third kappa shape index (κ3) is 4.13. The number of hydrogen-bond donors (Lipinski definition) is 1. The Bertz CT molecular complexity index is 1010. The normalized spacial score (nSPS) is 24.7. The highest BCUT2D eigenvalue weighted by molar-refractivity contribution is 5.82. The lowest BCUT2D eigenvalue weighted by molar-refractivity contribution is -0.123. The molecule has 1 amide bonds. The second-order valence-electron chi connectivity index (χ2n) is 8.78. The van der Waals surface area contributed by atoms with E-state index in [0.717, 1.165) is 49.0 Å². The number of amides is 1. The van der Waals surface area contributed by atoms with E-state index in [2.05, 4.69) is 32.5 Å². The number of nitrogens with one attached hydrogen (secondary N) is 1. The van der Waals surface area contributed by atoms with Crippen LogP contribution < -0.4 is 10.2 Å². The first kappa shape index (κ1) is 20.0. The van der Waals surface area contributed by atoms with Crippen molar-refractivity contribution in [2.24, 2.45) is 11.1 Å². The number of hydrogen-bond acceptors (Lipinski definition) is 5. The van der Waals surface area contributed by atoms with Crippen molar-refractivity contribution in [3.8, 4) is 0 Å². The van der Waals surface area contributed by atoms with Crippen LogP contribution in [0.15, 0.2) is 41.6 Å². The van der Waals surface area contributed by atoms with Crippen LogP contribution in [-0.2, 0) is 16.2 Å². The largest absolute Gasteiger partial charge is 0.399 e. The number of aromatic nitrogens is 1. The summed E-state index contributed by atoms with van der Waals surface area (Å²) in [5.74, 6) is 0.285. The van der Waals surface area contributed by atoms with Gasteiger partial charge >= 0.3 is 0 Å². The van der Waals surface area contributed by atoms with Gasteiger partial charge < -0.3 is 15.1 Å². The number of pyridine rings is 1. The van der Waals surface area contributed by atoms with Crippen molar-refractivity contribution < 1.29 is 14.0 Å². The van der Waals surface area contributed by atoms with E-state index in [0.29, 0.717) is 18.5 Å². The Morgan fingerprint density at radius 1 is 1.29 bits per heavy atom. The molecule has 2 heterocycles. The fraction of sp³-hybridized carbons (Fsp3) is 0.458. The minimum atomic E-state index is -0.453. The predicted octanol–water partition coefficient (Wildman–Crippen LogP) is 3.75. The van der Waals surface area contributed by atoms with E-state index in [1.54, 1.807) is 12.3 Å². The molecule has 2 aliphatic carbocycles. The Balaban J connectivity index is 1.43. The van der Waals surface area contributed by atoms with E-state index >= 15 is 0 Å². The Hall–Kier alpha value is -2.96. The predicted molar refractivity (Wildman–Crippen MR) is 116 cm³/mol. The first-order valence-corrected chi connectivity index (χ1v) is 11.0. The monoisotopic (exact) mass is 422 g/mol. The molecule has 2 aromatic rings. The molecule has 2 saturated carbocycles. The van der Waals surface area contributed by atoms with Gasteiger partial charge in [-0.25, -0.2) is 4.98 Å². The van der Waals surface area contributed by atoms with E-state index < -0.39 is 5.95 Å². The van der Waals surface area contributed by atoms with Crippen molar-refractivity contribution in [1.82, 2.24) is 10.3 Å². The molecule has 2 unspecified atom stereocenters. The average Bonchev–Trinajstić information content (AvgIpc) is 3.58. The summed E-state index contributed by atoms with van der Waals surface area (Å²) in [5, 5.41) is 7.18. The summed E-state index contributed by atoms with van der Waals surface area (Å²) in [5.41, 5.74) is 4.12. The number of fused-ring (bicyclic) bond motifs is 3. The Morgan fingerprint density at radius 3 is 2.94 bits per heavy atom. The van der Waals surface area contributed by atoms with Gasteiger partial charge in [0, 0.05) is 29.6 Å². The minimum absolute atomic E-state index is 0.200. The van der Waals surface area contributed by atoms with Gasteiger partial charge in [-0.05, 0) is 67.5 Å². The van der Waals surface area contributed by atoms with Crippen LogP contribution >= 0.6 is 0 Å². The molecule has 2 fully saturated rings. The van der Waals surface area contributed by atoms with Crippen molar-refractivity contribution in [3.05, 3.63) is 59.2 Å². The molecule has 31 heavy (non-hydrogen) atoms. The molecule has 3 aliphatic rings. The number of anilines is 1. The van der Waals surface area contributed by atoms with E-state index in [1.165, 1.54) is 18.7 Å². The average molecular weight is 423 g/mol. The van der Waals surface area contributed by atoms with Crippen LogP contribution in [0.25, 0.3) is 0 Å². The summed E-state index contributed by atoms with van der Waals surface area (Å²) in [4.78, 5) is 23.6. The number of benzene rings is 1. The molecule has 162 valence electrons. The van der Waals surface area contributed by atoms with Crippen LogP contribution in [0.5, 0.6) is 0 Å². The van der Waals surface area contributed by atoms with Gasteiger partial charge in [0.05, 0.1) is 18.5 Å². The van der Waals surface area contributed by atoms with E-state index in [-0.39, 0.29) is 17.9 Å². The molecule has 7 heteroatoms. The second-order valence-corrected chi connectivity index (χ2v) is 8.78. The smallest absolute Gasteiger partial charge is 0.223 e. The lowest BCUT2D eigenvalue weighted by atomic mass is 9.79. The van der Waals surface area contributed by atoms with Crippen LogP contribution in [0.3, 0.4) is 0 Å². The number of nitrogens with zero attached hydrogens (tertiary/aromatic N) is 3. The summed E-state index contributed by atoms with van der Waals surface area (Å²) in [6.07, 6.45) is 6.59. The first-order chi connectivity index (χ1) is 15.1. The van der Waals surface area contributed by atoms with E-state index in [9.17, 15) is 9.18 Å². The summed E-state index contributed by atoms with van der Waals surface area (Å²) in [6.45, 7) is 0.566. The van der Waals surface area contributed by atoms with Gasteiger partial charge in [0.2, 0.25) is 11.9 Å². The zero-order chi connectivity index (χ0) is 21.4. The fourth-order valence-electron chi connectivity index (χ4n) is 5.08. The zero-order valence-corrected chi connectivity index (χ0v) is 17.6. The van der Waals surface area contributed by atoms with Crippen LogP contribution in [0, 0.1) is 11.9 Å². The summed E-state index contributed by atoms with van der Waals surface area (Å²) < 4.78 is 13.7. The Morgan fingerprint density at radius 2 is 2.16 bits per heavy atom. The highest BCUT2D eigenvalue weighted by Gasteiger charge is 2.43. The maximum absolute atomic E-state index is 13.7. The van der Waals surface area contributed by atoms with Crippen molar-refractivity contribution in [3.63, 3.8) is 0 Å². The van der Waals surface area contributed by atoms with Crippen molar-refractivity contribution in [2.45, 2.75) is 56.7 Å². The standard InChI is InChI=1S/C24H27FN4O2/c1-31-26-13-15-5-9-21-19(11-15)20-12-17(28-24(30)16-6-7-16)8-10-22(20)29(21)14-18-3-2-4-23(25)27-18/h2-5,9,11,13,16-17,20,22H,6-8,10,12,14H2,1H3,(H,28,30)/b26-13+/t17-,20?,22?/m1/s1. The molecular weight excluding hydrogens is 395 g/mol. The molecule has 5 rings (SSSR count). The minimum Gasteiger partial charge on any atom is -0.399 e. The second kappa shape index (κ2) is 8.29. The molecule has 1 aromatic carbocycles. The van der Waals surface area contributed by atoms with Crippen molar-refractivity contribution in [2.75, 3.05) is 12.0 Å². The zero-order valence-electron chi connectivity index (χ0n) is 17.6. The molecule has 0 spiro atoms. The van der Waals surface area contributed by atoms with Gasteiger partial charge in [0.15, 0.2) is 0 Å². The van der Waals surface area contributed by atoms with E-state index in [1.807, 2.05) is 12.1 Å². The number of carbonyl (C=O) groups excluding carboxylic acids is 1. The third-order valence-corrected chi connectivity index (χ3v) is 6.68. The maximum Gasteiger partial charge on any atom is 0.223 e. The van der Waals surface area contributed by atoms with Crippen LogP contribution in [0.4, 0.5) is 10.1 Å². The topological polar surface area (TPSA) is 66.8 Å². The molecule has 3 atom stereocenters. The molecule has 0 bridgehead atoms. The number of oxime groups is 1. The molecule has 1 N–H and O–H groups in total. The lowest BCUT2D eigenvalue weighted by Gasteiger charge is -2.37.